The highest BCUT2D eigenvalue weighted by molar-refractivity contribution is 6.42. The van der Waals surface area contributed by atoms with Crippen LogP contribution in [0, 0.1) is 0 Å². The first-order valence-corrected chi connectivity index (χ1v) is 4.92. The first-order valence-electron chi connectivity index (χ1n) is 4.17. The molecule has 0 radical (unpaired) electrons. The third kappa shape index (κ3) is 1.14. The Hall–Kier alpha value is -0.200. The second kappa shape index (κ2) is 2.93. The second-order valence-electron chi connectivity index (χ2n) is 3.37. The van der Waals surface area contributed by atoms with Crippen molar-refractivity contribution in [2.75, 3.05) is 0 Å². The molecule has 0 saturated heterocycles. The largest absolute Gasteiger partial charge is 0.0827 e. The van der Waals surface area contributed by atoms with Crippen LogP contribution in [-0.2, 0) is 6.42 Å². The Labute approximate surface area is 82.5 Å². The fourth-order valence-electron chi connectivity index (χ4n) is 1.87. The highest BCUT2D eigenvalue weighted by Crippen LogP contribution is 2.40. The molecule has 1 atom stereocenters. The van der Waals surface area contributed by atoms with E-state index in [1.807, 2.05) is 6.07 Å². The summed E-state index contributed by atoms with van der Waals surface area (Å²) in [4.78, 5) is 0. The molecule has 0 fully saturated rings. The van der Waals surface area contributed by atoms with Crippen LogP contribution in [0.25, 0.3) is 0 Å². The van der Waals surface area contributed by atoms with Gasteiger partial charge in [-0.15, -0.1) is 0 Å². The second-order valence-corrected chi connectivity index (χ2v) is 4.16. The monoisotopic (exact) mass is 200 g/mol. The highest BCUT2D eigenvalue weighted by atomic mass is 35.5. The van der Waals surface area contributed by atoms with E-state index in [9.17, 15) is 0 Å². The molecule has 1 aliphatic carbocycles. The van der Waals surface area contributed by atoms with Gasteiger partial charge in [0, 0.05) is 0 Å². The first kappa shape index (κ1) is 8.40. The lowest BCUT2D eigenvalue weighted by Gasteiger charge is -2.07. The number of benzene rings is 1. The molecule has 0 aromatic heterocycles. The summed E-state index contributed by atoms with van der Waals surface area (Å²) >= 11 is 12.0. The Morgan fingerprint density at radius 2 is 2.08 bits per heavy atom. The minimum atomic E-state index is 0.575. The Morgan fingerprint density at radius 3 is 2.83 bits per heavy atom. The summed E-state index contributed by atoms with van der Waals surface area (Å²) in [6, 6.07) is 3.98. The van der Waals surface area contributed by atoms with Gasteiger partial charge in [0.2, 0.25) is 0 Å². The Bertz CT molecular complexity index is 318. The molecule has 0 aliphatic heterocycles. The Kier molecular flexibility index (Phi) is 2.05. The summed E-state index contributed by atoms with van der Waals surface area (Å²) in [6.07, 6.45) is 2.35. The Morgan fingerprint density at radius 1 is 1.33 bits per heavy atom. The van der Waals surface area contributed by atoms with Gasteiger partial charge in [-0.3, -0.25) is 0 Å². The number of halogens is 2. The zero-order valence-electron chi connectivity index (χ0n) is 6.90. The molecule has 0 bridgehead atoms. The quantitative estimate of drug-likeness (QED) is 0.594. The molecule has 0 nitrogen and oxygen atoms in total. The molecule has 1 aromatic rings. The zero-order valence-corrected chi connectivity index (χ0v) is 8.41. The SMILES string of the molecule is CC1CCc2ccc(Cl)c(Cl)c21. The van der Waals surface area contributed by atoms with Crippen LogP contribution in [0.2, 0.25) is 10.0 Å². The summed E-state index contributed by atoms with van der Waals surface area (Å²) in [5, 5.41) is 1.45. The normalized spacial score (nSPS) is 21.1. The molecule has 0 spiro atoms. The van der Waals surface area contributed by atoms with Crippen molar-refractivity contribution < 1.29 is 0 Å². The van der Waals surface area contributed by atoms with Crippen molar-refractivity contribution in [1.82, 2.24) is 0 Å². The molecule has 1 aliphatic rings. The number of hydrogen-bond acceptors (Lipinski definition) is 0. The van der Waals surface area contributed by atoms with E-state index in [2.05, 4.69) is 13.0 Å². The van der Waals surface area contributed by atoms with Gasteiger partial charge in [0.15, 0.2) is 0 Å². The van der Waals surface area contributed by atoms with Crippen molar-refractivity contribution in [2.24, 2.45) is 0 Å². The van der Waals surface area contributed by atoms with Gasteiger partial charge in [-0.2, -0.15) is 0 Å². The molecular weight excluding hydrogens is 191 g/mol. The van der Waals surface area contributed by atoms with Crippen molar-refractivity contribution in [3.05, 3.63) is 33.3 Å². The minimum Gasteiger partial charge on any atom is -0.0827 e. The molecular formula is C10H10Cl2. The van der Waals surface area contributed by atoms with Crippen LogP contribution in [-0.4, -0.2) is 0 Å². The van der Waals surface area contributed by atoms with E-state index in [4.69, 9.17) is 23.2 Å². The summed E-state index contributed by atoms with van der Waals surface area (Å²) in [5.41, 5.74) is 2.64. The van der Waals surface area contributed by atoms with Crippen molar-refractivity contribution in [3.63, 3.8) is 0 Å². The van der Waals surface area contributed by atoms with Crippen molar-refractivity contribution in [2.45, 2.75) is 25.7 Å². The van der Waals surface area contributed by atoms with E-state index in [0.29, 0.717) is 10.9 Å². The summed E-state index contributed by atoms with van der Waals surface area (Å²) in [5.74, 6) is 0.575. The number of fused-ring (bicyclic) bond motifs is 1. The predicted molar refractivity (Wildman–Crippen MR) is 53.2 cm³/mol. The van der Waals surface area contributed by atoms with Crippen LogP contribution < -0.4 is 0 Å². The maximum atomic E-state index is 6.10. The third-order valence-electron chi connectivity index (χ3n) is 2.56. The third-order valence-corrected chi connectivity index (χ3v) is 3.38. The molecule has 12 heavy (non-hydrogen) atoms. The van der Waals surface area contributed by atoms with E-state index >= 15 is 0 Å². The van der Waals surface area contributed by atoms with Crippen molar-refractivity contribution >= 4 is 23.2 Å². The van der Waals surface area contributed by atoms with Crippen LogP contribution in [0.1, 0.15) is 30.4 Å². The zero-order chi connectivity index (χ0) is 8.72. The molecule has 0 N–H and O–H groups in total. The fourth-order valence-corrected chi connectivity index (χ4v) is 2.41. The average Bonchev–Trinajstić information content (AvgIpc) is 2.41. The standard InChI is InChI=1S/C10H10Cl2/c1-6-2-3-7-4-5-8(11)10(12)9(6)7/h4-6H,2-3H2,1H3. The van der Waals surface area contributed by atoms with Gasteiger partial charge >= 0.3 is 0 Å². The molecule has 64 valence electrons. The molecule has 1 aromatic carbocycles. The van der Waals surface area contributed by atoms with Crippen molar-refractivity contribution in [3.8, 4) is 0 Å². The maximum Gasteiger partial charge on any atom is 0.0629 e. The summed E-state index contributed by atoms with van der Waals surface area (Å²) in [7, 11) is 0. The van der Waals surface area contributed by atoms with Crippen LogP contribution in [0.5, 0.6) is 0 Å². The number of rotatable bonds is 0. The van der Waals surface area contributed by atoms with Crippen LogP contribution in [0.4, 0.5) is 0 Å². The van der Waals surface area contributed by atoms with E-state index in [0.717, 1.165) is 11.4 Å². The molecule has 0 saturated carbocycles. The van der Waals surface area contributed by atoms with Crippen LogP contribution in [0.3, 0.4) is 0 Å². The highest BCUT2D eigenvalue weighted by Gasteiger charge is 2.22. The van der Waals surface area contributed by atoms with E-state index < -0.39 is 0 Å². The van der Waals surface area contributed by atoms with Crippen LogP contribution >= 0.6 is 23.2 Å². The van der Waals surface area contributed by atoms with Gasteiger partial charge in [-0.1, -0.05) is 36.2 Å². The lowest BCUT2D eigenvalue weighted by Crippen LogP contribution is -1.88. The molecule has 2 heteroatoms. The van der Waals surface area contributed by atoms with Gasteiger partial charge in [-0.05, 0) is 36.0 Å². The molecule has 1 unspecified atom stereocenters. The molecule has 0 amide bonds. The van der Waals surface area contributed by atoms with Gasteiger partial charge in [0.1, 0.15) is 0 Å². The van der Waals surface area contributed by atoms with Gasteiger partial charge in [0.05, 0.1) is 10.0 Å². The first-order chi connectivity index (χ1) is 5.70. The van der Waals surface area contributed by atoms with Gasteiger partial charge in [0.25, 0.3) is 0 Å². The van der Waals surface area contributed by atoms with E-state index in [1.165, 1.54) is 17.5 Å². The lowest BCUT2D eigenvalue weighted by atomic mass is 10.0. The van der Waals surface area contributed by atoms with E-state index in [1.54, 1.807) is 0 Å². The minimum absolute atomic E-state index is 0.575. The number of hydrogen-bond donors (Lipinski definition) is 0. The number of aryl methyl sites for hydroxylation is 1. The van der Waals surface area contributed by atoms with Crippen molar-refractivity contribution in [1.29, 1.82) is 0 Å². The van der Waals surface area contributed by atoms with Crippen LogP contribution in [0.15, 0.2) is 12.1 Å². The molecule has 0 heterocycles. The average molecular weight is 201 g/mol. The lowest BCUT2D eigenvalue weighted by molar-refractivity contribution is 0.747. The van der Waals surface area contributed by atoms with Gasteiger partial charge < -0.3 is 0 Å². The Balaban J connectivity index is 2.63. The topological polar surface area (TPSA) is 0 Å². The maximum absolute atomic E-state index is 6.10. The fraction of sp³-hybridized carbons (Fsp3) is 0.400. The summed E-state index contributed by atoms with van der Waals surface area (Å²) < 4.78 is 0. The predicted octanol–water partition coefficient (Wildman–Crippen LogP) is 4.04. The van der Waals surface area contributed by atoms with E-state index in [-0.39, 0.29) is 0 Å². The molecule has 2 rings (SSSR count). The summed E-state index contributed by atoms with van der Waals surface area (Å²) in [6.45, 7) is 2.20. The smallest absolute Gasteiger partial charge is 0.0629 e. The van der Waals surface area contributed by atoms with Gasteiger partial charge in [-0.25, -0.2) is 0 Å².